The summed E-state index contributed by atoms with van der Waals surface area (Å²) in [5.41, 5.74) is 3.07. The predicted molar refractivity (Wildman–Crippen MR) is 65.1 cm³/mol. The Balaban J connectivity index is 2.61. The van der Waals surface area contributed by atoms with Crippen LogP contribution in [0.15, 0.2) is 18.3 Å². The highest BCUT2D eigenvalue weighted by atomic mass is 32.2. The summed E-state index contributed by atoms with van der Waals surface area (Å²) >= 11 is 1.39. The van der Waals surface area contributed by atoms with Crippen LogP contribution in [0.3, 0.4) is 0 Å². The Kier molecular flexibility index (Phi) is 5.92. The third-order valence-corrected chi connectivity index (χ3v) is 3.12. The van der Waals surface area contributed by atoms with Crippen molar-refractivity contribution in [1.82, 2.24) is 10.4 Å². The van der Waals surface area contributed by atoms with Gasteiger partial charge in [0.15, 0.2) is 0 Å². The van der Waals surface area contributed by atoms with Crippen molar-refractivity contribution >= 4 is 17.7 Å². The van der Waals surface area contributed by atoms with Crippen LogP contribution in [0.5, 0.6) is 0 Å². The number of hydrazine groups is 1. The SMILES string of the molecule is NNC(=O)c1cccnc1CSCC(O)CO. The number of aliphatic hydroxyl groups is 2. The van der Waals surface area contributed by atoms with Gasteiger partial charge in [-0.25, -0.2) is 5.84 Å². The molecule has 0 saturated heterocycles. The van der Waals surface area contributed by atoms with Gasteiger partial charge in [-0.1, -0.05) is 0 Å². The molecular formula is C10H15N3O3S. The fraction of sp³-hybridized carbons (Fsp3) is 0.400. The summed E-state index contributed by atoms with van der Waals surface area (Å²) in [7, 11) is 0. The number of carbonyl (C=O) groups is 1. The summed E-state index contributed by atoms with van der Waals surface area (Å²) in [5.74, 6) is 5.53. The van der Waals surface area contributed by atoms with Gasteiger partial charge in [0.25, 0.3) is 5.91 Å². The van der Waals surface area contributed by atoms with E-state index in [-0.39, 0.29) is 6.61 Å². The van der Waals surface area contributed by atoms with E-state index >= 15 is 0 Å². The fourth-order valence-electron chi connectivity index (χ4n) is 1.18. The summed E-state index contributed by atoms with van der Waals surface area (Å²) in [6.45, 7) is -0.272. The number of nitrogens with one attached hydrogen (secondary N) is 1. The Morgan fingerprint density at radius 2 is 2.41 bits per heavy atom. The lowest BCUT2D eigenvalue weighted by molar-refractivity contribution is 0.0952. The first-order valence-corrected chi connectivity index (χ1v) is 6.16. The lowest BCUT2D eigenvalue weighted by atomic mass is 10.2. The first-order valence-electron chi connectivity index (χ1n) is 5.00. The average molecular weight is 257 g/mol. The molecule has 0 bridgehead atoms. The van der Waals surface area contributed by atoms with Gasteiger partial charge in [-0.15, -0.1) is 0 Å². The molecule has 0 radical (unpaired) electrons. The maximum Gasteiger partial charge on any atom is 0.267 e. The van der Waals surface area contributed by atoms with Gasteiger partial charge in [-0.2, -0.15) is 11.8 Å². The zero-order valence-electron chi connectivity index (χ0n) is 9.17. The average Bonchev–Trinajstić information content (AvgIpc) is 2.38. The van der Waals surface area contributed by atoms with Crippen LogP contribution in [0.4, 0.5) is 0 Å². The number of aromatic nitrogens is 1. The Morgan fingerprint density at radius 1 is 1.65 bits per heavy atom. The molecule has 5 N–H and O–H groups in total. The van der Waals surface area contributed by atoms with Crippen molar-refractivity contribution in [2.75, 3.05) is 12.4 Å². The second-order valence-electron chi connectivity index (χ2n) is 3.32. The van der Waals surface area contributed by atoms with Crippen LogP contribution in [0, 0.1) is 0 Å². The monoisotopic (exact) mass is 257 g/mol. The van der Waals surface area contributed by atoms with Gasteiger partial charge >= 0.3 is 0 Å². The van der Waals surface area contributed by atoms with E-state index in [9.17, 15) is 9.90 Å². The number of pyridine rings is 1. The number of nitrogen functional groups attached to an aromatic ring is 1. The van der Waals surface area contributed by atoms with Gasteiger partial charge in [-0.05, 0) is 12.1 Å². The largest absolute Gasteiger partial charge is 0.394 e. The van der Waals surface area contributed by atoms with Crippen LogP contribution < -0.4 is 11.3 Å². The van der Waals surface area contributed by atoms with E-state index in [0.29, 0.717) is 22.8 Å². The number of hydrogen-bond acceptors (Lipinski definition) is 6. The Morgan fingerprint density at radius 3 is 3.06 bits per heavy atom. The second kappa shape index (κ2) is 7.23. The van der Waals surface area contributed by atoms with Crippen LogP contribution in [0.1, 0.15) is 16.1 Å². The molecule has 1 heterocycles. The molecule has 1 aromatic heterocycles. The first kappa shape index (κ1) is 13.9. The van der Waals surface area contributed by atoms with Crippen LogP contribution in [0.2, 0.25) is 0 Å². The minimum atomic E-state index is -0.754. The smallest absolute Gasteiger partial charge is 0.267 e. The van der Waals surface area contributed by atoms with Crippen LogP contribution >= 0.6 is 11.8 Å². The van der Waals surface area contributed by atoms with Crippen molar-refractivity contribution in [2.24, 2.45) is 5.84 Å². The minimum absolute atomic E-state index is 0.272. The summed E-state index contributed by atoms with van der Waals surface area (Å²) < 4.78 is 0. The molecule has 94 valence electrons. The topological polar surface area (TPSA) is 108 Å². The number of thioether (sulfide) groups is 1. The van der Waals surface area contributed by atoms with E-state index in [2.05, 4.69) is 10.4 Å². The van der Waals surface area contributed by atoms with E-state index < -0.39 is 12.0 Å². The molecule has 0 aliphatic heterocycles. The lowest BCUT2D eigenvalue weighted by Gasteiger charge is -2.08. The van der Waals surface area contributed by atoms with Crippen molar-refractivity contribution in [1.29, 1.82) is 0 Å². The first-order chi connectivity index (χ1) is 8.19. The quantitative estimate of drug-likeness (QED) is 0.304. The van der Waals surface area contributed by atoms with Crippen molar-refractivity contribution in [3.63, 3.8) is 0 Å². The normalized spacial score (nSPS) is 12.2. The summed E-state index contributed by atoms with van der Waals surface area (Å²) in [6.07, 6.45) is 0.835. The van der Waals surface area contributed by atoms with Gasteiger partial charge in [0.05, 0.1) is 24.0 Å². The van der Waals surface area contributed by atoms with E-state index in [1.165, 1.54) is 11.8 Å². The van der Waals surface area contributed by atoms with Gasteiger partial charge < -0.3 is 10.2 Å². The molecule has 0 aliphatic carbocycles. The third kappa shape index (κ3) is 4.31. The van der Waals surface area contributed by atoms with Gasteiger partial charge in [0, 0.05) is 17.7 Å². The molecule has 1 aromatic rings. The van der Waals surface area contributed by atoms with Crippen molar-refractivity contribution in [2.45, 2.75) is 11.9 Å². The Labute approximate surface area is 103 Å². The number of nitrogens with two attached hydrogens (primary N) is 1. The van der Waals surface area contributed by atoms with E-state index in [1.807, 2.05) is 0 Å². The maximum atomic E-state index is 11.4. The molecule has 0 fully saturated rings. The number of carbonyl (C=O) groups excluding carboxylic acids is 1. The van der Waals surface area contributed by atoms with Crippen molar-refractivity contribution in [3.8, 4) is 0 Å². The number of rotatable bonds is 6. The molecule has 1 rings (SSSR count). The number of nitrogens with zero attached hydrogens (tertiary/aromatic N) is 1. The fourth-order valence-corrected chi connectivity index (χ4v) is 2.10. The zero-order valence-corrected chi connectivity index (χ0v) is 9.98. The van der Waals surface area contributed by atoms with Gasteiger partial charge in [0.2, 0.25) is 0 Å². The molecule has 0 spiro atoms. The Bertz CT molecular complexity index is 376. The lowest BCUT2D eigenvalue weighted by Crippen LogP contribution is -2.31. The molecule has 17 heavy (non-hydrogen) atoms. The summed E-state index contributed by atoms with van der Waals surface area (Å²) in [6, 6.07) is 3.29. The highest BCUT2D eigenvalue weighted by Crippen LogP contribution is 2.15. The summed E-state index contributed by atoms with van der Waals surface area (Å²) in [5, 5.41) is 17.8. The molecule has 1 unspecified atom stereocenters. The number of aliphatic hydroxyl groups excluding tert-OH is 2. The molecule has 0 aromatic carbocycles. The van der Waals surface area contributed by atoms with E-state index in [1.54, 1.807) is 18.3 Å². The molecule has 1 amide bonds. The Hall–Kier alpha value is -1.15. The van der Waals surface area contributed by atoms with E-state index in [0.717, 1.165) is 0 Å². The highest BCUT2D eigenvalue weighted by molar-refractivity contribution is 7.98. The van der Waals surface area contributed by atoms with Crippen LogP contribution in [0.25, 0.3) is 0 Å². The van der Waals surface area contributed by atoms with Crippen molar-refractivity contribution < 1.29 is 15.0 Å². The van der Waals surface area contributed by atoms with Gasteiger partial charge in [0.1, 0.15) is 0 Å². The molecule has 1 atom stereocenters. The standard InChI is InChI=1S/C10H15N3O3S/c11-13-10(16)8-2-1-3-12-9(8)6-17-5-7(15)4-14/h1-3,7,14-15H,4-6,11H2,(H,13,16). The predicted octanol–water partition coefficient (Wildman–Crippen LogP) is -0.729. The van der Waals surface area contributed by atoms with Gasteiger partial charge in [-0.3, -0.25) is 15.2 Å². The van der Waals surface area contributed by atoms with E-state index in [4.69, 9.17) is 10.9 Å². The molecular weight excluding hydrogens is 242 g/mol. The molecule has 0 saturated carbocycles. The van der Waals surface area contributed by atoms with Crippen LogP contribution in [-0.2, 0) is 5.75 Å². The molecule has 0 aliphatic rings. The number of amides is 1. The maximum absolute atomic E-state index is 11.4. The zero-order chi connectivity index (χ0) is 12.7. The van der Waals surface area contributed by atoms with Crippen molar-refractivity contribution in [3.05, 3.63) is 29.6 Å². The second-order valence-corrected chi connectivity index (χ2v) is 4.35. The van der Waals surface area contributed by atoms with Crippen LogP contribution in [-0.4, -0.2) is 39.6 Å². The number of hydrogen-bond donors (Lipinski definition) is 4. The molecule has 6 nitrogen and oxygen atoms in total. The third-order valence-electron chi connectivity index (χ3n) is 2.03. The molecule has 7 heteroatoms. The summed E-state index contributed by atoms with van der Waals surface area (Å²) in [4.78, 5) is 15.5. The minimum Gasteiger partial charge on any atom is -0.394 e. The highest BCUT2D eigenvalue weighted by Gasteiger charge is 2.11.